The highest BCUT2D eigenvalue weighted by Crippen LogP contribution is 1.91. The van der Waals surface area contributed by atoms with Crippen molar-refractivity contribution in [2.45, 2.75) is 26.8 Å². The van der Waals surface area contributed by atoms with Crippen LogP contribution in [0, 0.1) is 0 Å². The summed E-state index contributed by atoms with van der Waals surface area (Å²) in [6.45, 7) is 5.37. The molecule has 0 atom stereocenters. The van der Waals surface area contributed by atoms with E-state index in [2.05, 4.69) is 4.99 Å². The normalized spacial score (nSPS) is 11.7. The first kappa shape index (κ1) is 11.3. The van der Waals surface area contributed by atoms with Crippen molar-refractivity contribution < 1.29 is 5.21 Å². The molecule has 0 spiro atoms. The van der Waals surface area contributed by atoms with Gasteiger partial charge in [-0.2, -0.15) is 0 Å². The lowest BCUT2D eigenvalue weighted by Gasteiger charge is -2.22. The van der Waals surface area contributed by atoms with Crippen LogP contribution in [-0.4, -0.2) is 27.2 Å². The minimum Gasteiger partial charge on any atom is -0.288 e. The van der Waals surface area contributed by atoms with Crippen LogP contribution in [0.15, 0.2) is 4.99 Å². The van der Waals surface area contributed by atoms with Gasteiger partial charge in [0.25, 0.3) is 0 Å². The lowest BCUT2D eigenvalue weighted by Crippen LogP contribution is -2.48. The van der Waals surface area contributed by atoms with Crippen LogP contribution in [0.5, 0.6) is 0 Å². The van der Waals surface area contributed by atoms with Crippen LogP contribution in [0.4, 0.5) is 0 Å². The molecule has 0 radical (unpaired) electrons. The predicted octanol–water partition coefficient (Wildman–Crippen LogP) is 0.253. The quantitative estimate of drug-likeness (QED) is 0.182. The Kier molecular flexibility index (Phi) is 4.72. The topological polar surface area (TPSA) is 73.9 Å². The molecular weight excluding hydrogens is 176 g/mol. The Hall–Kier alpha value is -0.720. The largest absolute Gasteiger partial charge is 0.288 e. The van der Waals surface area contributed by atoms with Crippen LogP contribution in [0.25, 0.3) is 0 Å². The van der Waals surface area contributed by atoms with Crippen LogP contribution < -0.4 is 11.3 Å². The number of hydroxylamine groups is 1. The summed E-state index contributed by atoms with van der Waals surface area (Å²) in [5.41, 5.74) is 1.88. The number of nitrogens with two attached hydrogens (primary N) is 1. The van der Waals surface area contributed by atoms with Gasteiger partial charge < -0.3 is 0 Å². The van der Waals surface area contributed by atoms with E-state index >= 15 is 0 Å². The fourth-order valence-electron chi connectivity index (χ4n) is 0.534. The molecule has 0 unspecified atom stereocenters. The average molecular weight is 190 g/mol. The monoisotopic (exact) mass is 190 g/mol. The van der Waals surface area contributed by atoms with Crippen LogP contribution in [0.2, 0.25) is 0 Å². The maximum Gasteiger partial charge on any atom is 0.238 e. The zero-order valence-electron chi connectivity index (χ0n) is 7.40. The molecule has 0 heterocycles. The molecular formula is C6H14N4OS. The van der Waals surface area contributed by atoms with Gasteiger partial charge in [-0.3, -0.25) is 10.2 Å². The Labute approximate surface area is 77.2 Å². The molecule has 0 aromatic carbocycles. The summed E-state index contributed by atoms with van der Waals surface area (Å²) in [6.07, 6.45) is 0. The second kappa shape index (κ2) is 5.02. The fourth-order valence-corrected chi connectivity index (χ4v) is 0.621. The van der Waals surface area contributed by atoms with Crippen LogP contribution in [-0.2, 0) is 0 Å². The van der Waals surface area contributed by atoms with E-state index in [9.17, 15) is 0 Å². The predicted molar refractivity (Wildman–Crippen MR) is 51.8 cm³/mol. The lowest BCUT2D eigenvalue weighted by molar-refractivity contribution is 0.202. The number of nitrogens with zero attached hydrogens (tertiary/aromatic N) is 2. The molecule has 0 aromatic rings. The summed E-state index contributed by atoms with van der Waals surface area (Å²) >= 11 is 4.72. The Balaban J connectivity index is 4.44. The SMILES string of the molecule is CC(=S)N=C(NO)N(N)C(C)C. The van der Waals surface area contributed by atoms with E-state index in [4.69, 9.17) is 23.3 Å². The Bertz CT molecular complexity index is 192. The highest BCUT2D eigenvalue weighted by molar-refractivity contribution is 7.80. The minimum absolute atomic E-state index is 0.0396. The van der Waals surface area contributed by atoms with E-state index in [0.29, 0.717) is 4.99 Å². The third kappa shape index (κ3) is 3.61. The van der Waals surface area contributed by atoms with Gasteiger partial charge in [0.15, 0.2) is 0 Å². The van der Waals surface area contributed by atoms with Crippen molar-refractivity contribution in [3.63, 3.8) is 0 Å². The number of guanidine groups is 1. The molecule has 0 saturated heterocycles. The Morgan fingerprint density at radius 2 is 2.17 bits per heavy atom. The summed E-state index contributed by atoms with van der Waals surface area (Å²) < 4.78 is 0. The molecule has 4 N–H and O–H groups in total. The number of hydrogen-bond donors (Lipinski definition) is 3. The van der Waals surface area contributed by atoms with E-state index < -0.39 is 0 Å². The first-order valence-electron chi connectivity index (χ1n) is 3.52. The molecule has 0 aliphatic rings. The molecule has 0 aliphatic carbocycles. The van der Waals surface area contributed by atoms with Crippen molar-refractivity contribution in [2.24, 2.45) is 10.8 Å². The molecule has 0 saturated carbocycles. The molecule has 12 heavy (non-hydrogen) atoms. The summed E-state index contributed by atoms with van der Waals surface area (Å²) in [5, 5.41) is 9.92. The first-order valence-corrected chi connectivity index (χ1v) is 3.93. The second-order valence-electron chi connectivity index (χ2n) is 2.57. The third-order valence-corrected chi connectivity index (χ3v) is 1.26. The zero-order valence-corrected chi connectivity index (χ0v) is 8.22. The molecule has 0 bridgehead atoms. The number of hydrogen-bond acceptors (Lipinski definition) is 3. The fraction of sp³-hybridized carbons (Fsp3) is 0.667. The molecule has 0 fully saturated rings. The van der Waals surface area contributed by atoms with Gasteiger partial charge in [-0.15, -0.1) is 0 Å². The average Bonchev–Trinajstić information content (AvgIpc) is 1.98. The van der Waals surface area contributed by atoms with Crippen molar-refractivity contribution in [3.8, 4) is 0 Å². The molecule has 70 valence electrons. The lowest BCUT2D eigenvalue weighted by atomic mass is 10.4. The van der Waals surface area contributed by atoms with Crippen molar-refractivity contribution in [1.29, 1.82) is 0 Å². The third-order valence-electron chi connectivity index (χ3n) is 1.16. The number of hydrazine groups is 1. The van der Waals surface area contributed by atoms with Crippen LogP contribution in [0.1, 0.15) is 20.8 Å². The number of aliphatic imine (C=N–C) groups is 1. The van der Waals surface area contributed by atoms with Crippen molar-refractivity contribution in [1.82, 2.24) is 10.5 Å². The number of nitrogens with one attached hydrogen (secondary N) is 1. The zero-order chi connectivity index (χ0) is 9.72. The van der Waals surface area contributed by atoms with E-state index in [1.807, 2.05) is 19.3 Å². The summed E-state index contributed by atoms with van der Waals surface area (Å²) in [6, 6.07) is 0.0396. The Morgan fingerprint density at radius 1 is 1.67 bits per heavy atom. The van der Waals surface area contributed by atoms with Gasteiger partial charge in [-0.25, -0.2) is 16.3 Å². The second-order valence-corrected chi connectivity index (χ2v) is 3.16. The summed E-state index contributed by atoms with van der Waals surface area (Å²) in [5.74, 6) is 5.69. The standard InChI is InChI=1S/C6H14N4OS/c1-4(2)10(7)6(9-11)8-5(3)12/h4,11H,7H2,1-3H3,(H,8,9,12). The highest BCUT2D eigenvalue weighted by Gasteiger charge is 2.09. The maximum absolute atomic E-state index is 8.63. The molecule has 0 amide bonds. The Morgan fingerprint density at radius 3 is 2.42 bits per heavy atom. The molecule has 6 heteroatoms. The van der Waals surface area contributed by atoms with Gasteiger partial charge in [0, 0.05) is 6.04 Å². The van der Waals surface area contributed by atoms with Crippen LogP contribution >= 0.6 is 12.2 Å². The minimum atomic E-state index is 0.0396. The number of rotatable bonds is 1. The molecule has 5 nitrogen and oxygen atoms in total. The maximum atomic E-state index is 8.63. The van der Waals surface area contributed by atoms with Crippen molar-refractivity contribution in [2.75, 3.05) is 0 Å². The van der Waals surface area contributed by atoms with E-state index in [1.54, 1.807) is 6.92 Å². The van der Waals surface area contributed by atoms with E-state index in [-0.39, 0.29) is 12.0 Å². The van der Waals surface area contributed by atoms with Crippen LogP contribution in [0.3, 0.4) is 0 Å². The van der Waals surface area contributed by atoms with Crippen molar-refractivity contribution >= 4 is 23.2 Å². The molecule has 0 aliphatic heterocycles. The number of thiocarbonyl (C=S) groups is 1. The van der Waals surface area contributed by atoms with E-state index in [0.717, 1.165) is 0 Å². The molecule has 0 aromatic heterocycles. The summed E-state index contributed by atoms with van der Waals surface area (Å²) in [4.78, 5) is 4.21. The van der Waals surface area contributed by atoms with Gasteiger partial charge in [0.2, 0.25) is 5.96 Å². The first-order chi connectivity index (χ1) is 5.49. The smallest absolute Gasteiger partial charge is 0.238 e. The van der Waals surface area contributed by atoms with Gasteiger partial charge in [-0.1, -0.05) is 12.2 Å². The van der Waals surface area contributed by atoms with E-state index in [1.165, 1.54) is 5.01 Å². The molecule has 0 rings (SSSR count). The van der Waals surface area contributed by atoms with Gasteiger partial charge in [-0.05, 0) is 20.8 Å². The summed E-state index contributed by atoms with van der Waals surface area (Å²) in [7, 11) is 0. The highest BCUT2D eigenvalue weighted by atomic mass is 32.1. The van der Waals surface area contributed by atoms with Crippen molar-refractivity contribution in [3.05, 3.63) is 0 Å². The van der Waals surface area contributed by atoms with Gasteiger partial charge in [0.1, 0.15) is 4.99 Å². The van der Waals surface area contributed by atoms with Gasteiger partial charge in [0.05, 0.1) is 0 Å². The van der Waals surface area contributed by atoms with Gasteiger partial charge >= 0.3 is 0 Å².